The Morgan fingerprint density at radius 1 is 1.41 bits per heavy atom. The van der Waals surface area contributed by atoms with Crippen molar-refractivity contribution in [2.45, 2.75) is 19.3 Å². The Morgan fingerprint density at radius 2 is 2.00 bits per heavy atom. The zero-order valence-electron chi connectivity index (χ0n) is 10.3. The average Bonchev–Trinajstić information content (AvgIpc) is 2.30. The number of nitrogens with two attached hydrogens (primary N) is 1. The van der Waals surface area contributed by atoms with Gasteiger partial charge in [0.1, 0.15) is 0 Å². The first kappa shape index (κ1) is 14.2. The predicted octanol–water partition coefficient (Wildman–Crippen LogP) is 2.36. The Labute approximate surface area is 111 Å². The number of carbonyl (C=O) groups is 1. The maximum Gasteiger partial charge on any atom is 0.222 e. The van der Waals surface area contributed by atoms with Crippen LogP contribution in [-0.2, 0) is 4.79 Å². The fourth-order valence-electron chi connectivity index (χ4n) is 1.65. The van der Waals surface area contributed by atoms with Gasteiger partial charge in [0, 0.05) is 31.0 Å². The van der Waals surface area contributed by atoms with E-state index in [1.54, 1.807) is 11.9 Å². The highest BCUT2D eigenvalue weighted by atomic mass is 79.9. The molecule has 3 nitrogen and oxygen atoms in total. The summed E-state index contributed by atoms with van der Waals surface area (Å²) in [6.07, 6.45) is 0.526. The molecule has 0 aliphatic heterocycles. The van der Waals surface area contributed by atoms with Gasteiger partial charge in [0.2, 0.25) is 5.91 Å². The van der Waals surface area contributed by atoms with E-state index in [1.807, 2.05) is 24.3 Å². The molecule has 1 aromatic rings. The van der Waals surface area contributed by atoms with Gasteiger partial charge < -0.3 is 10.6 Å². The number of benzene rings is 1. The molecule has 0 heterocycles. The van der Waals surface area contributed by atoms with Crippen molar-refractivity contribution in [3.8, 4) is 0 Å². The Kier molecular flexibility index (Phi) is 5.65. The van der Waals surface area contributed by atoms with E-state index < -0.39 is 0 Å². The Morgan fingerprint density at radius 3 is 2.53 bits per heavy atom. The quantitative estimate of drug-likeness (QED) is 0.907. The third kappa shape index (κ3) is 4.48. The van der Waals surface area contributed by atoms with Gasteiger partial charge in [0.25, 0.3) is 0 Å². The Balaban J connectivity index is 2.57. The highest BCUT2D eigenvalue weighted by Crippen LogP contribution is 2.21. The molecule has 1 unspecified atom stereocenters. The third-order valence-electron chi connectivity index (χ3n) is 2.81. The number of amides is 1. The van der Waals surface area contributed by atoms with Crippen LogP contribution in [0.3, 0.4) is 0 Å². The standard InChI is InChI=1S/C13H19BrN2O/c1-10(9-13(17)16(2)8-7-15)11-3-5-12(14)6-4-11/h3-6,10H,7-9,15H2,1-2H3. The van der Waals surface area contributed by atoms with Gasteiger partial charge in [-0.05, 0) is 23.6 Å². The molecule has 0 aliphatic rings. The second kappa shape index (κ2) is 6.77. The fourth-order valence-corrected chi connectivity index (χ4v) is 1.91. The average molecular weight is 299 g/mol. The molecule has 1 amide bonds. The largest absolute Gasteiger partial charge is 0.344 e. The van der Waals surface area contributed by atoms with E-state index >= 15 is 0 Å². The van der Waals surface area contributed by atoms with E-state index in [0.717, 1.165) is 4.47 Å². The van der Waals surface area contributed by atoms with Gasteiger partial charge in [-0.25, -0.2) is 0 Å². The summed E-state index contributed by atoms with van der Waals surface area (Å²) in [5.74, 6) is 0.377. The number of likely N-dealkylation sites (N-methyl/N-ethyl adjacent to an activating group) is 1. The molecule has 0 radical (unpaired) electrons. The van der Waals surface area contributed by atoms with Gasteiger partial charge in [0.15, 0.2) is 0 Å². The van der Waals surface area contributed by atoms with Crippen LogP contribution in [0.2, 0.25) is 0 Å². The number of hydrogen-bond acceptors (Lipinski definition) is 2. The number of hydrogen-bond donors (Lipinski definition) is 1. The highest BCUT2D eigenvalue weighted by molar-refractivity contribution is 9.10. The van der Waals surface area contributed by atoms with Crippen molar-refractivity contribution in [3.63, 3.8) is 0 Å². The van der Waals surface area contributed by atoms with E-state index in [0.29, 0.717) is 19.5 Å². The maximum atomic E-state index is 11.8. The summed E-state index contributed by atoms with van der Waals surface area (Å²) >= 11 is 3.40. The smallest absolute Gasteiger partial charge is 0.222 e. The van der Waals surface area contributed by atoms with Crippen LogP contribution in [-0.4, -0.2) is 30.9 Å². The second-order valence-electron chi connectivity index (χ2n) is 4.26. The van der Waals surface area contributed by atoms with Crippen LogP contribution < -0.4 is 5.73 Å². The second-order valence-corrected chi connectivity index (χ2v) is 5.18. The molecule has 0 saturated heterocycles. The highest BCUT2D eigenvalue weighted by Gasteiger charge is 2.14. The molecule has 2 N–H and O–H groups in total. The zero-order valence-corrected chi connectivity index (χ0v) is 11.9. The van der Waals surface area contributed by atoms with E-state index in [1.165, 1.54) is 5.56 Å². The van der Waals surface area contributed by atoms with E-state index in [-0.39, 0.29) is 11.8 Å². The first-order chi connectivity index (χ1) is 8.04. The minimum absolute atomic E-state index is 0.144. The molecule has 0 aliphatic carbocycles. The Hall–Kier alpha value is -0.870. The number of rotatable bonds is 5. The van der Waals surface area contributed by atoms with Gasteiger partial charge in [-0.15, -0.1) is 0 Å². The summed E-state index contributed by atoms with van der Waals surface area (Å²) in [6, 6.07) is 8.09. The lowest BCUT2D eigenvalue weighted by atomic mass is 9.97. The predicted molar refractivity (Wildman–Crippen MR) is 73.9 cm³/mol. The van der Waals surface area contributed by atoms with Crippen molar-refractivity contribution >= 4 is 21.8 Å². The lowest BCUT2D eigenvalue weighted by Gasteiger charge is -2.19. The van der Waals surface area contributed by atoms with Crippen LogP contribution >= 0.6 is 15.9 Å². The normalized spacial score (nSPS) is 12.2. The van der Waals surface area contributed by atoms with Crippen molar-refractivity contribution in [1.29, 1.82) is 0 Å². The Bertz CT molecular complexity index is 364. The monoisotopic (exact) mass is 298 g/mol. The fraction of sp³-hybridized carbons (Fsp3) is 0.462. The molecule has 94 valence electrons. The molecule has 1 rings (SSSR count). The minimum Gasteiger partial charge on any atom is -0.344 e. The number of nitrogens with zero attached hydrogens (tertiary/aromatic N) is 1. The van der Waals surface area contributed by atoms with Crippen LogP contribution in [0, 0.1) is 0 Å². The van der Waals surface area contributed by atoms with Crippen LogP contribution in [0.1, 0.15) is 24.8 Å². The summed E-state index contributed by atoms with van der Waals surface area (Å²) in [6.45, 7) is 3.19. The zero-order chi connectivity index (χ0) is 12.8. The molecular weight excluding hydrogens is 280 g/mol. The molecule has 0 fully saturated rings. The van der Waals surface area contributed by atoms with E-state index in [2.05, 4.69) is 22.9 Å². The minimum atomic E-state index is 0.144. The maximum absolute atomic E-state index is 11.8. The lowest BCUT2D eigenvalue weighted by Crippen LogP contribution is -2.32. The molecule has 0 spiro atoms. The van der Waals surface area contributed by atoms with Crippen LogP contribution in [0.15, 0.2) is 28.7 Å². The summed E-state index contributed by atoms with van der Waals surface area (Å²) in [4.78, 5) is 13.5. The SMILES string of the molecule is CC(CC(=O)N(C)CCN)c1ccc(Br)cc1. The lowest BCUT2D eigenvalue weighted by molar-refractivity contribution is -0.130. The molecule has 0 saturated carbocycles. The van der Waals surface area contributed by atoms with Crippen molar-refractivity contribution in [2.75, 3.05) is 20.1 Å². The first-order valence-electron chi connectivity index (χ1n) is 5.74. The van der Waals surface area contributed by atoms with Crippen LogP contribution in [0.5, 0.6) is 0 Å². The number of halogens is 1. The van der Waals surface area contributed by atoms with Crippen molar-refractivity contribution in [1.82, 2.24) is 4.90 Å². The van der Waals surface area contributed by atoms with Crippen LogP contribution in [0.4, 0.5) is 0 Å². The topological polar surface area (TPSA) is 46.3 Å². The molecule has 4 heteroatoms. The molecule has 1 atom stereocenters. The molecule has 0 bridgehead atoms. The van der Waals surface area contributed by atoms with Crippen LogP contribution in [0.25, 0.3) is 0 Å². The third-order valence-corrected chi connectivity index (χ3v) is 3.34. The van der Waals surface area contributed by atoms with Crippen molar-refractivity contribution in [3.05, 3.63) is 34.3 Å². The van der Waals surface area contributed by atoms with Gasteiger partial charge in [0.05, 0.1) is 0 Å². The van der Waals surface area contributed by atoms with E-state index in [9.17, 15) is 4.79 Å². The van der Waals surface area contributed by atoms with Crippen molar-refractivity contribution in [2.24, 2.45) is 5.73 Å². The van der Waals surface area contributed by atoms with Gasteiger partial charge in [-0.3, -0.25) is 4.79 Å². The molecular formula is C13H19BrN2O. The van der Waals surface area contributed by atoms with Gasteiger partial charge in [-0.1, -0.05) is 35.0 Å². The van der Waals surface area contributed by atoms with Gasteiger partial charge in [-0.2, -0.15) is 0 Å². The first-order valence-corrected chi connectivity index (χ1v) is 6.53. The summed E-state index contributed by atoms with van der Waals surface area (Å²) in [7, 11) is 1.80. The van der Waals surface area contributed by atoms with E-state index in [4.69, 9.17) is 5.73 Å². The summed E-state index contributed by atoms with van der Waals surface area (Å²) in [5.41, 5.74) is 6.61. The van der Waals surface area contributed by atoms with Gasteiger partial charge >= 0.3 is 0 Å². The summed E-state index contributed by atoms with van der Waals surface area (Å²) < 4.78 is 1.06. The summed E-state index contributed by atoms with van der Waals surface area (Å²) in [5, 5.41) is 0. The number of carbonyl (C=O) groups excluding carboxylic acids is 1. The van der Waals surface area contributed by atoms with Crippen molar-refractivity contribution < 1.29 is 4.79 Å². The molecule has 0 aromatic heterocycles. The molecule has 17 heavy (non-hydrogen) atoms. The molecule has 1 aromatic carbocycles.